The van der Waals surface area contributed by atoms with E-state index in [2.05, 4.69) is 19.2 Å². The summed E-state index contributed by atoms with van der Waals surface area (Å²) in [5.41, 5.74) is 0. The van der Waals surface area contributed by atoms with Crippen LogP contribution in [0.4, 0.5) is 0 Å². The zero-order valence-electron chi connectivity index (χ0n) is 11.9. The molecule has 2 saturated carbocycles. The largest absolute Gasteiger partial charge is 0.311 e. The lowest BCUT2D eigenvalue weighted by Crippen LogP contribution is -2.42. The number of rotatable bonds is 4. The van der Waals surface area contributed by atoms with Gasteiger partial charge in [0.25, 0.3) is 0 Å². The van der Waals surface area contributed by atoms with E-state index in [9.17, 15) is 0 Å². The van der Waals surface area contributed by atoms with Crippen LogP contribution in [0.15, 0.2) is 0 Å². The molecular formula is C16H31N. The number of nitrogens with one attached hydrogen (secondary N) is 1. The monoisotopic (exact) mass is 237 g/mol. The highest BCUT2D eigenvalue weighted by Crippen LogP contribution is 2.30. The van der Waals surface area contributed by atoms with Crippen molar-refractivity contribution in [2.45, 2.75) is 90.1 Å². The molecule has 0 radical (unpaired) electrons. The lowest BCUT2D eigenvalue weighted by molar-refractivity contribution is 0.225. The van der Waals surface area contributed by atoms with Crippen molar-refractivity contribution >= 4 is 0 Å². The standard InChI is InChI=1S/C16H31N/c1-13(2)11-14-7-6-10-16(12-14)17-15-8-4-3-5-9-15/h13-17H,3-12H2,1-2H3. The second-order valence-corrected chi connectivity index (χ2v) is 6.86. The molecule has 2 fully saturated rings. The maximum absolute atomic E-state index is 3.96. The van der Waals surface area contributed by atoms with E-state index in [1.54, 1.807) is 0 Å². The molecule has 1 nitrogen and oxygen atoms in total. The van der Waals surface area contributed by atoms with Crippen LogP contribution in [0, 0.1) is 11.8 Å². The first-order chi connectivity index (χ1) is 8.24. The fourth-order valence-corrected chi connectivity index (χ4v) is 3.93. The van der Waals surface area contributed by atoms with Crippen molar-refractivity contribution in [3.05, 3.63) is 0 Å². The molecular weight excluding hydrogens is 206 g/mol. The quantitative estimate of drug-likeness (QED) is 0.758. The molecule has 1 N–H and O–H groups in total. The van der Waals surface area contributed by atoms with E-state index < -0.39 is 0 Å². The van der Waals surface area contributed by atoms with E-state index in [1.807, 2.05) is 0 Å². The van der Waals surface area contributed by atoms with E-state index >= 15 is 0 Å². The van der Waals surface area contributed by atoms with Gasteiger partial charge in [-0.1, -0.05) is 46.0 Å². The Labute approximate surface area is 108 Å². The molecule has 1 heteroatoms. The SMILES string of the molecule is CC(C)CC1CCCC(NC2CCCCC2)C1. The molecule has 0 heterocycles. The van der Waals surface area contributed by atoms with Crippen LogP contribution in [0.5, 0.6) is 0 Å². The minimum absolute atomic E-state index is 0.843. The van der Waals surface area contributed by atoms with Gasteiger partial charge in [-0.3, -0.25) is 0 Å². The molecule has 0 bridgehead atoms. The van der Waals surface area contributed by atoms with Crippen molar-refractivity contribution in [2.75, 3.05) is 0 Å². The molecule has 0 aromatic heterocycles. The van der Waals surface area contributed by atoms with Crippen LogP contribution in [-0.4, -0.2) is 12.1 Å². The highest BCUT2D eigenvalue weighted by molar-refractivity contribution is 4.83. The molecule has 2 unspecified atom stereocenters. The second-order valence-electron chi connectivity index (χ2n) is 6.86. The van der Waals surface area contributed by atoms with Crippen molar-refractivity contribution < 1.29 is 0 Å². The zero-order chi connectivity index (χ0) is 12.1. The van der Waals surface area contributed by atoms with Gasteiger partial charge in [-0.15, -0.1) is 0 Å². The molecule has 2 atom stereocenters. The zero-order valence-corrected chi connectivity index (χ0v) is 11.9. The van der Waals surface area contributed by atoms with Crippen LogP contribution in [-0.2, 0) is 0 Å². The smallest absolute Gasteiger partial charge is 0.00722 e. The minimum atomic E-state index is 0.843. The predicted molar refractivity (Wildman–Crippen MR) is 75.2 cm³/mol. The summed E-state index contributed by atoms with van der Waals surface area (Å²) in [6.07, 6.45) is 14.5. The first-order valence-electron chi connectivity index (χ1n) is 8.00. The molecule has 0 aromatic carbocycles. The van der Waals surface area contributed by atoms with Gasteiger partial charge < -0.3 is 5.32 Å². The summed E-state index contributed by atoms with van der Waals surface area (Å²) in [7, 11) is 0. The third-order valence-corrected chi connectivity index (χ3v) is 4.66. The molecule has 0 aromatic rings. The molecule has 2 aliphatic carbocycles. The molecule has 0 spiro atoms. The van der Waals surface area contributed by atoms with Gasteiger partial charge in [-0.2, -0.15) is 0 Å². The normalized spacial score (nSPS) is 31.9. The van der Waals surface area contributed by atoms with Gasteiger partial charge in [0.1, 0.15) is 0 Å². The summed E-state index contributed by atoms with van der Waals surface area (Å²) in [5.74, 6) is 1.89. The molecule has 0 saturated heterocycles. The minimum Gasteiger partial charge on any atom is -0.311 e. The summed E-state index contributed by atoms with van der Waals surface area (Å²) in [5, 5.41) is 3.96. The van der Waals surface area contributed by atoms with Crippen LogP contribution < -0.4 is 5.32 Å². The van der Waals surface area contributed by atoms with E-state index in [0.29, 0.717) is 0 Å². The predicted octanol–water partition coefficient (Wildman–Crippen LogP) is 4.51. The summed E-state index contributed by atoms with van der Waals surface area (Å²) in [4.78, 5) is 0. The molecule has 0 amide bonds. The lowest BCUT2D eigenvalue weighted by atomic mass is 9.80. The Hall–Kier alpha value is -0.0400. The van der Waals surface area contributed by atoms with Crippen molar-refractivity contribution in [2.24, 2.45) is 11.8 Å². The Bertz CT molecular complexity index is 206. The molecule has 2 rings (SSSR count). The average molecular weight is 237 g/mol. The molecule has 2 aliphatic rings. The van der Waals surface area contributed by atoms with Crippen molar-refractivity contribution in [3.63, 3.8) is 0 Å². The molecule has 100 valence electrons. The summed E-state index contributed by atoms with van der Waals surface area (Å²) >= 11 is 0. The van der Waals surface area contributed by atoms with Crippen molar-refractivity contribution in [3.8, 4) is 0 Å². The van der Waals surface area contributed by atoms with Crippen molar-refractivity contribution in [1.29, 1.82) is 0 Å². The Morgan fingerprint density at radius 3 is 2.29 bits per heavy atom. The van der Waals surface area contributed by atoms with Gasteiger partial charge in [0.2, 0.25) is 0 Å². The fourth-order valence-electron chi connectivity index (χ4n) is 3.93. The molecule has 0 aliphatic heterocycles. The summed E-state index contributed by atoms with van der Waals surface area (Å²) in [6.45, 7) is 4.75. The van der Waals surface area contributed by atoms with Crippen LogP contribution in [0.1, 0.15) is 78.1 Å². The molecule has 17 heavy (non-hydrogen) atoms. The van der Waals surface area contributed by atoms with E-state index in [0.717, 1.165) is 23.9 Å². The van der Waals surface area contributed by atoms with E-state index in [1.165, 1.54) is 64.2 Å². The van der Waals surface area contributed by atoms with Crippen LogP contribution in [0.3, 0.4) is 0 Å². The van der Waals surface area contributed by atoms with E-state index in [-0.39, 0.29) is 0 Å². The fraction of sp³-hybridized carbons (Fsp3) is 1.00. The van der Waals surface area contributed by atoms with Crippen LogP contribution >= 0.6 is 0 Å². The van der Waals surface area contributed by atoms with Gasteiger partial charge >= 0.3 is 0 Å². The maximum Gasteiger partial charge on any atom is 0.00722 e. The Morgan fingerprint density at radius 1 is 0.882 bits per heavy atom. The Kier molecular flexibility index (Phi) is 5.34. The van der Waals surface area contributed by atoms with Gasteiger partial charge in [-0.25, -0.2) is 0 Å². The Morgan fingerprint density at radius 2 is 1.59 bits per heavy atom. The van der Waals surface area contributed by atoms with Gasteiger partial charge in [-0.05, 0) is 43.9 Å². The van der Waals surface area contributed by atoms with Crippen LogP contribution in [0.2, 0.25) is 0 Å². The number of hydrogen-bond acceptors (Lipinski definition) is 1. The van der Waals surface area contributed by atoms with Gasteiger partial charge in [0.05, 0.1) is 0 Å². The first kappa shape index (κ1) is 13.4. The summed E-state index contributed by atoms with van der Waals surface area (Å²) in [6, 6.07) is 1.70. The van der Waals surface area contributed by atoms with Gasteiger partial charge in [0.15, 0.2) is 0 Å². The second kappa shape index (κ2) is 6.78. The average Bonchev–Trinajstić information content (AvgIpc) is 2.30. The van der Waals surface area contributed by atoms with Crippen LogP contribution in [0.25, 0.3) is 0 Å². The third kappa shape index (κ3) is 4.62. The maximum atomic E-state index is 3.96. The highest BCUT2D eigenvalue weighted by Gasteiger charge is 2.24. The Balaban J connectivity index is 1.72. The van der Waals surface area contributed by atoms with Crippen molar-refractivity contribution in [1.82, 2.24) is 5.32 Å². The highest BCUT2D eigenvalue weighted by atomic mass is 15.0. The van der Waals surface area contributed by atoms with Gasteiger partial charge in [0, 0.05) is 12.1 Å². The van der Waals surface area contributed by atoms with E-state index in [4.69, 9.17) is 0 Å². The lowest BCUT2D eigenvalue weighted by Gasteiger charge is -2.34. The third-order valence-electron chi connectivity index (χ3n) is 4.66. The number of hydrogen-bond donors (Lipinski definition) is 1. The topological polar surface area (TPSA) is 12.0 Å². The summed E-state index contributed by atoms with van der Waals surface area (Å²) < 4.78 is 0. The first-order valence-corrected chi connectivity index (χ1v) is 8.00.